The number of para-hydroxylation sites is 2. The molecule has 1 amide bonds. The van der Waals surface area contributed by atoms with E-state index >= 15 is 0 Å². The highest BCUT2D eigenvalue weighted by Crippen LogP contribution is 2.30. The number of amides is 1. The Morgan fingerprint density at radius 2 is 1.47 bits per heavy atom. The zero-order chi connectivity index (χ0) is 33.1. The van der Waals surface area contributed by atoms with Crippen molar-refractivity contribution in [3.05, 3.63) is 89.7 Å². The zero-order valence-corrected chi connectivity index (χ0v) is 25.5. The van der Waals surface area contributed by atoms with Crippen LogP contribution in [0.5, 0.6) is 5.75 Å². The van der Waals surface area contributed by atoms with E-state index in [1.165, 1.54) is 24.3 Å². The van der Waals surface area contributed by atoms with Crippen LogP contribution >= 0.6 is 0 Å². The van der Waals surface area contributed by atoms with Crippen LogP contribution in [0, 0.1) is 11.7 Å². The molecule has 1 aliphatic rings. The number of nitrogens with one attached hydrogen (secondary N) is 1. The molecule has 0 atom stereocenters. The number of nitrogens with zero attached hydrogens (tertiary/aromatic N) is 2. The molecule has 240 valence electrons. The monoisotopic (exact) mass is 643 g/mol. The lowest BCUT2D eigenvalue weighted by Gasteiger charge is -2.33. The number of likely N-dealkylation sites (tertiary alicyclic amines) is 1. The molecule has 0 bridgehead atoms. The molecular weight excluding hydrogens is 609 g/mol. The number of carbonyl (C=O) groups is 4. The number of carboxylic acids is 2. The van der Waals surface area contributed by atoms with Crippen LogP contribution in [0.3, 0.4) is 0 Å². The molecule has 1 heterocycles. The number of hydrogen-bond acceptors (Lipinski definition) is 8. The van der Waals surface area contributed by atoms with Gasteiger partial charge in [0.05, 0.1) is 19.1 Å². The number of ether oxygens (including phenoxy) is 1. The highest BCUT2D eigenvalue weighted by Gasteiger charge is 2.27. The van der Waals surface area contributed by atoms with E-state index < -0.39 is 22.0 Å². The maximum Gasteiger partial charge on any atom is 0.414 e. The Kier molecular flexibility index (Phi) is 12.1. The largest absolute Gasteiger partial charge is 0.495 e. The van der Waals surface area contributed by atoms with Crippen LogP contribution in [0.15, 0.2) is 72.8 Å². The molecule has 3 N–H and O–H groups in total. The van der Waals surface area contributed by atoms with Crippen molar-refractivity contribution >= 4 is 45.0 Å². The molecule has 1 aliphatic heterocycles. The summed E-state index contributed by atoms with van der Waals surface area (Å²) in [7, 11) is -1.88. The van der Waals surface area contributed by atoms with Crippen molar-refractivity contribution in [2.75, 3.05) is 49.2 Å². The summed E-state index contributed by atoms with van der Waals surface area (Å²) >= 11 is 0. The van der Waals surface area contributed by atoms with Gasteiger partial charge in [0.1, 0.15) is 11.6 Å². The van der Waals surface area contributed by atoms with Crippen molar-refractivity contribution in [1.82, 2.24) is 4.90 Å². The van der Waals surface area contributed by atoms with Crippen molar-refractivity contribution < 1.29 is 46.9 Å². The fourth-order valence-electron chi connectivity index (χ4n) is 4.74. The molecule has 0 aliphatic carbocycles. The van der Waals surface area contributed by atoms with E-state index in [-0.39, 0.29) is 23.4 Å². The Balaban J connectivity index is 0.000000838. The molecule has 0 spiro atoms. The van der Waals surface area contributed by atoms with Crippen LogP contribution in [0.4, 0.5) is 15.8 Å². The van der Waals surface area contributed by atoms with Crippen molar-refractivity contribution in [3.63, 3.8) is 0 Å². The Morgan fingerprint density at radius 1 is 0.911 bits per heavy atom. The third-order valence-electron chi connectivity index (χ3n) is 6.97. The standard InChI is InChI=1S/C29H32FN3O5S.C2H2O4/c1-38-27-6-4-3-5-26(27)33(29(35)23-9-13-25(14-10-23)31-39(2,36)37)20-19-32-17-15-22(16-18-32)28(34)21-7-11-24(30)12-8-21;3-1(4)2(5)6/h3-14,22,31H,15-20H2,1-2H3;(H,3,4)(H,5,6). The van der Waals surface area contributed by atoms with Gasteiger partial charge in [-0.15, -0.1) is 0 Å². The van der Waals surface area contributed by atoms with Gasteiger partial charge < -0.3 is 24.7 Å². The highest BCUT2D eigenvalue weighted by atomic mass is 32.2. The molecule has 1 fully saturated rings. The Morgan fingerprint density at radius 3 is 2.00 bits per heavy atom. The second-order valence-corrected chi connectivity index (χ2v) is 11.9. The lowest BCUT2D eigenvalue weighted by Crippen LogP contribution is -2.43. The number of carboxylic acid groups (broad SMARTS) is 2. The number of benzene rings is 3. The third-order valence-corrected chi connectivity index (χ3v) is 7.57. The first-order valence-electron chi connectivity index (χ1n) is 13.8. The van der Waals surface area contributed by atoms with Gasteiger partial charge >= 0.3 is 11.9 Å². The number of rotatable bonds is 10. The minimum absolute atomic E-state index is 0.0364. The van der Waals surface area contributed by atoms with Gasteiger partial charge in [0, 0.05) is 35.8 Å². The predicted octanol–water partition coefficient (Wildman–Crippen LogP) is 3.60. The van der Waals surface area contributed by atoms with Crippen LogP contribution in [0.2, 0.25) is 0 Å². The molecule has 0 saturated carbocycles. The smallest absolute Gasteiger partial charge is 0.414 e. The molecule has 0 unspecified atom stereocenters. The number of aliphatic carboxylic acids is 2. The number of hydrogen-bond donors (Lipinski definition) is 3. The van der Waals surface area contributed by atoms with E-state index in [1.54, 1.807) is 42.3 Å². The number of halogens is 1. The SMILES string of the molecule is COc1ccccc1N(CCN1CCC(C(=O)c2ccc(F)cc2)CC1)C(=O)c1ccc(NS(C)(=O)=O)cc1.O=C(O)C(=O)O. The number of Topliss-reactive ketones (excluding diaryl/α,β-unsaturated/α-hetero) is 1. The quantitative estimate of drug-likeness (QED) is 0.219. The lowest BCUT2D eigenvalue weighted by molar-refractivity contribution is -0.159. The Labute approximate surface area is 260 Å². The lowest BCUT2D eigenvalue weighted by atomic mass is 9.89. The summed E-state index contributed by atoms with van der Waals surface area (Å²) in [6.45, 7) is 2.39. The van der Waals surface area contributed by atoms with Crippen LogP contribution < -0.4 is 14.4 Å². The van der Waals surface area contributed by atoms with Gasteiger partial charge in [0.25, 0.3) is 5.91 Å². The van der Waals surface area contributed by atoms with Gasteiger partial charge in [0.2, 0.25) is 10.0 Å². The first kappa shape index (κ1) is 34.7. The van der Waals surface area contributed by atoms with E-state index in [1.807, 2.05) is 18.2 Å². The van der Waals surface area contributed by atoms with E-state index in [0.717, 1.165) is 6.26 Å². The predicted molar refractivity (Wildman–Crippen MR) is 165 cm³/mol. The second-order valence-electron chi connectivity index (χ2n) is 10.2. The average molecular weight is 644 g/mol. The summed E-state index contributed by atoms with van der Waals surface area (Å²) in [5, 5.41) is 14.8. The summed E-state index contributed by atoms with van der Waals surface area (Å²) in [6, 6.07) is 19.2. The van der Waals surface area contributed by atoms with Gasteiger partial charge in [-0.25, -0.2) is 22.4 Å². The minimum Gasteiger partial charge on any atom is -0.495 e. The maximum atomic E-state index is 13.6. The minimum atomic E-state index is -3.43. The van der Waals surface area contributed by atoms with Crippen LogP contribution in [0.1, 0.15) is 33.6 Å². The van der Waals surface area contributed by atoms with Gasteiger partial charge in [-0.1, -0.05) is 12.1 Å². The van der Waals surface area contributed by atoms with E-state index in [0.29, 0.717) is 67.3 Å². The van der Waals surface area contributed by atoms with Crippen LogP contribution in [0.25, 0.3) is 0 Å². The van der Waals surface area contributed by atoms with E-state index in [2.05, 4.69) is 9.62 Å². The van der Waals surface area contributed by atoms with Crippen LogP contribution in [-0.4, -0.2) is 86.7 Å². The Bertz CT molecular complexity index is 1590. The molecule has 14 heteroatoms. The molecule has 0 radical (unpaired) electrons. The fourth-order valence-corrected chi connectivity index (χ4v) is 5.31. The number of anilines is 2. The summed E-state index contributed by atoms with van der Waals surface area (Å²) in [5.41, 5.74) is 1.93. The van der Waals surface area contributed by atoms with Crippen molar-refractivity contribution in [1.29, 1.82) is 0 Å². The van der Waals surface area contributed by atoms with E-state index in [4.69, 9.17) is 24.5 Å². The molecule has 1 saturated heterocycles. The summed E-state index contributed by atoms with van der Waals surface area (Å²) in [4.78, 5) is 48.6. The molecular formula is C31H34FN3O9S. The topological polar surface area (TPSA) is 171 Å². The number of piperidine rings is 1. The van der Waals surface area contributed by atoms with E-state index in [9.17, 15) is 22.4 Å². The molecule has 3 aromatic rings. The fraction of sp³-hybridized carbons (Fsp3) is 0.290. The van der Waals surface area contributed by atoms with Gasteiger partial charge in [-0.3, -0.25) is 14.3 Å². The highest BCUT2D eigenvalue weighted by molar-refractivity contribution is 7.92. The first-order chi connectivity index (χ1) is 21.3. The van der Waals surface area contributed by atoms with Gasteiger partial charge in [-0.05, 0) is 86.6 Å². The molecule has 45 heavy (non-hydrogen) atoms. The number of carbonyl (C=O) groups excluding carboxylic acids is 2. The van der Waals surface area contributed by atoms with Crippen molar-refractivity contribution in [2.45, 2.75) is 12.8 Å². The van der Waals surface area contributed by atoms with Crippen molar-refractivity contribution in [2.24, 2.45) is 5.92 Å². The zero-order valence-electron chi connectivity index (χ0n) is 24.7. The summed E-state index contributed by atoms with van der Waals surface area (Å²) in [5.74, 6) is -3.77. The molecule has 4 rings (SSSR count). The van der Waals surface area contributed by atoms with Gasteiger partial charge in [0.15, 0.2) is 5.78 Å². The number of ketones is 1. The number of methoxy groups -OCH3 is 1. The van der Waals surface area contributed by atoms with Crippen molar-refractivity contribution in [3.8, 4) is 5.75 Å². The summed E-state index contributed by atoms with van der Waals surface area (Å²) in [6.07, 6.45) is 2.44. The normalized spacial score (nSPS) is 13.6. The Hall–Kier alpha value is -4.82. The molecule has 0 aromatic heterocycles. The number of sulfonamides is 1. The third kappa shape index (κ3) is 10.4. The maximum absolute atomic E-state index is 13.6. The van der Waals surface area contributed by atoms with Gasteiger partial charge in [-0.2, -0.15) is 0 Å². The summed E-state index contributed by atoms with van der Waals surface area (Å²) < 4.78 is 44.2. The molecule has 3 aromatic carbocycles. The first-order valence-corrected chi connectivity index (χ1v) is 15.7. The average Bonchev–Trinajstić information content (AvgIpc) is 3.01. The van der Waals surface area contributed by atoms with Crippen LogP contribution in [-0.2, 0) is 19.6 Å². The second kappa shape index (κ2) is 15.8. The molecule has 12 nitrogen and oxygen atoms in total.